The molecule has 3 atom stereocenters. The van der Waals surface area contributed by atoms with E-state index in [1.165, 1.54) is 47.5 Å². The Kier molecular flexibility index (Phi) is 13.9. The molecule has 310 valence electrons. The van der Waals surface area contributed by atoms with Crippen molar-refractivity contribution in [3.8, 4) is 40.2 Å². The van der Waals surface area contributed by atoms with Crippen LogP contribution in [0.1, 0.15) is 59.0 Å². The molecule has 5 aromatic rings. The van der Waals surface area contributed by atoms with Crippen LogP contribution < -0.4 is 28.4 Å². The first-order chi connectivity index (χ1) is 28.5. The molecule has 1 N–H and O–H groups in total. The monoisotopic (exact) mass is 835 g/mol. The lowest BCUT2D eigenvalue weighted by molar-refractivity contribution is -0.0206. The van der Waals surface area contributed by atoms with Gasteiger partial charge < -0.3 is 33.2 Å². The third-order valence-corrected chi connectivity index (χ3v) is 10.4. The predicted octanol–water partition coefficient (Wildman–Crippen LogP) is 10.8. The van der Waals surface area contributed by atoms with E-state index in [1.807, 2.05) is 18.2 Å². The number of allylic oxidation sites excluding steroid dienone is 1. The zero-order valence-electron chi connectivity index (χ0n) is 32.7. The summed E-state index contributed by atoms with van der Waals surface area (Å²) in [4.78, 5) is 12.5. The molecule has 1 fully saturated rings. The highest BCUT2D eigenvalue weighted by atomic mass is 32.2. The first-order valence-electron chi connectivity index (χ1n) is 18.3. The summed E-state index contributed by atoms with van der Waals surface area (Å²) >= 11 is 0.431. The number of hydrogen-bond acceptors (Lipinski definition) is 10. The van der Waals surface area contributed by atoms with Crippen molar-refractivity contribution in [2.45, 2.75) is 48.7 Å². The van der Waals surface area contributed by atoms with Gasteiger partial charge in [-0.05, 0) is 85.8 Å². The number of methoxy groups -OCH3 is 4. The van der Waals surface area contributed by atoms with Gasteiger partial charge in [-0.3, -0.25) is 10.0 Å². The van der Waals surface area contributed by atoms with E-state index in [1.54, 1.807) is 54.6 Å². The van der Waals surface area contributed by atoms with Gasteiger partial charge in [-0.1, -0.05) is 48.2 Å². The Morgan fingerprint density at radius 1 is 0.780 bits per heavy atom. The second-order valence-electron chi connectivity index (χ2n) is 13.1. The van der Waals surface area contributed by atoms with Crippen LogP contribution in [0, 0.1) is 23.3 Å². The maximum absolute atomic E-state index is 14.6. The summed E-state index contributed by atoms with van der Waals surface area (Å²) in [5.41, 5.74) is 0.950. The average molecular weight is 836 g/mol. The summed E-state index contributed by atoms with van der Waals surface area (Å²) in [7, 11) is 5.98. The topological polar surface area (TPSA) is 105 Å². The van der Waals surface area contributed by atoms with E-state index in [0.29, 0.717) is 63.8 Å². The molecule has 0 saturated carbocycles. The first-order valence-corrected chi connectivity index (χ1v) is 19.2. The number of hydroxylamine groups is 2. The maximum atomic E-state index is 14.6. The van der Waals surface area contributed by atoms with Crippen LogP contribution in [-0.4, -0.2) is 50.1 Å². The Balaban J connectivity index is 1.29. The Hall–Kier alpha value is -5.90. The molecule has 1 amide bonds. The number of hydrogen-bond donors (Lipinski definition) is 1. The molecular formula is C44H41F4NO9S. The predicted molar refractivity (Wildman–Crippen MR) is 211 cm³/mol. The molecule has 0 spiro atoms. The highest BCUT2D eigenvalue weighted by Crippen LogP contribution is 2.48. The number of nitrogens with zero attached hydrogens (tertiary/aromatic N) is 1. The molecule has 15 heteroatoms. The molecule has 1 saturated heterocycles. The second kappa shape index (κ2) is 19.2. The molecule has 1 heterocycles. The molecule has 1 aliphatic rings. The molecule has 10 nitrogen and oxygen atoms in total. The van der Waals surface area contributed by atoms with Gasteiger partial charge >= 0.3 is 0 Å². The van der Waals surface area contributed by atoms with Crippen molar-refractivity contribution in [2.24, 2.45) is 0 Å². The quantitative estimate of drug-likeness (QED) is 0.0258. The van der Waals surface area contributed by atoms with Crippen molar-refractivity contribution in [3.63, 3.8) is 0 Å². The molecule has 0 bridgehead atoms. The van der Waals surface area contributed by atoms with E-state index in [9.17, 15) is 27.6 Å². The van der Waals surface area contributed by atoms with Gasteiger partial charge in [0.25, 0.3) is 5.91 Å². The molecule has 0 aromatic heterocycles. The van der Waals surface area contributed by atoms with Crippen molar-refractivity contribution in [2.75, 3.05) is 28.4 Å². The van der Waals surface area contributed by atoms with Crippen LogP contribution in [0.15, 0.2) is 102 Å². The van der Waals surface area contributed by atoms with Crippen molar-refractivity contribution < 1.29 is 60.7 Å². The van der Waals surface area contributed by atoms with Gasteiger partial charge in [0.2, 0.25) is 5.75 Å². The molecular weight excluding hydrogens is 795 g/mol. The van der Waals surface area contributed by atoms with Gasteiger partial charge in [-0.15, -0.1) is 0 Å². The molecule has 1 aliphatic heterocycles. The number of ether oxygens (including phenoxy) is 7. The fraction of sp³-hybridized carbons (Fsp3) is 0.250. The number of para-hydroxylation sites is 2. The Labute approximate surface area is 342 Å². The lowest BCUT2D eigenvalue weighted by Crippen LogP contribution is -2.22. The minimum Gasteiger partial charge on any atom is -0.493 e. The standard InChI is InChI=1S/C44H41F4NO9S/c1-25(59-43-39(47)31(45)24-32(46)40(43)48)56-41-26(12-11-19-49(51)44(50)30-15-9-10-16-35(30)57-29-13-7-6-8-14-29)20-27(21-36(41)52-2)33-17-18-34(58-33)28-22-37(53-3)42(55-5)38(23-28)54-4/h6-11,13-16,19-25,33-34,51H,12,17-18H2,1-5H3/b19-11+. The van der Waals surface area contributed by atoms with Gasteiger partial charge in [-0.25, -0.2) is 17.6 Å². The summed E-state index contributed by atoms with van der Waals surface area (Å²) in [5, 5.41) is 11.3. The highest BCUT2D eigenvalue weighted by molar-refractivity contribution is 7.99. The van der Waals surface area contributed by atoms with E-state index in [4.69, 9.17) is 33.2 Å². The Morgan fingerprint density at radius 3 is 1.93 bits per heavy atom. The molecule has 0 radical (unpaired) electrons. The van der Waals surface area contributed by atoms with E-state index in [0.717, 1.165) is 11.8 Å². The van der Waals surface area contributed by atoms with Gasteiger partial charge in [0.15, 0.2) is 46.3 Å². The van der Waals surface area contributed by atoms with Crippen molar-refractivity contribution >= 4 is 17.7 Å². The summed E-state index contributed by atoms with van der Waals surface area (Å²) in [6.07, 6.45) is 3.13. The third-order valence-electron chi connectivity index (χ3n) is 9.34. The molecule has 5 aromatic carbocycles. The van der Waals surface area contributed by atoms with Crippen molar-refractivity contribution in [1.29, 1.82) is 0 Å². The number of carbonyl (C=O) groups excluding carboxylic acids is 1. The summed E-state index contributed by atoms with van der Waals surface area (Å²) in [5.74, 6) is -4.52. The molecule has 0 aliphatic carbocycles. The van der Waals surface area contributed by atoms with Gasteiger partial charge in [0, 0.05) is 17.8 Å². The largest absolute Gasteiger partial charge is 0.493 e. The minimum atomic E-state index is -1.56. The maximum Gasteiger partial charge on any atom is 0.285 e. The average Bonchev–Trinajstić information content (AvgIpc) is 3.75. The van der Waals surface area contributed by atoms with Gasteiger partial charge in [-0.2, -0.15) is 5.06 Å². The first kappa shape index (κ1) is 42.7. The van der Waals surface area contributed by atoms with Crippen LogP contribution in [0.3, 0.4) is 0 Å². The smallest absolute Gasteiger partial charge is 0.285 e. The van der Waals surface area contributed by atoms with Crippen LogP contribution in [0.4, 0.5) is 17.6 Å². The minimum absolute atomic E-state index is 0.0315. The number of rotatable bonds is 16. The number of thioether (sulfide) groups is 1. The third kappa shape index (κ3) is 9.70. The fourth-order valence-electron chi connectivity index (χ4n) is 6.55. The SMILES string of the molecule is COc1cc(C2CCC(c3cc(OC)c(OC)c(OC)c3)O2)cc(C/C=C/N(O)C(=O)c2ccccc2Oc2ccccc2)c1OC(C)Sc1c(F)c(F)cc(F)c1F. The normalized spacial score (nSPS) is 15.5. The highest BCUT2D eigenvalue weighted by Gasteiger charge is 2.32. The van der Waals surface area contributed by atoms with Crippen LogP contribution in [0.25, 0.3) is 0 Å². The zero-order valence-corrected chi connectivity index (χ0v) is 33.5. The van der Waals surface area contributed by atoms with Crippen molar-refractivity contribution in [3.05, 3.63) is 143 Å². The summed E-state index contributed by atoms with van der Waals surface area (Å²) in [6.45, 7) is 1.45. The number of halogens is 4. The van der Waals surface area contributed by atoms with Crippen LogP contribution in [0.2, 0.25) is 0 Å². The van der Waals surface area contributed by atoms with E-state index < -0.39 is 45.6 Å². The van der Waals surface area contributed by atoms with E-state index in [-0.39, 0.29) is 41.4 Å². The van der Waals surface area contributed by atoms with E-state index in [2.05, 4.69) is 0 Å². The van der Waals surface area contributed by atoms with Gasteiger partial charge in [0.05, 0.1) is 51.1 Å². The molecule has 3 unspecified atom stereocenters. The number of carbonyl (C=O) groups is 1. The summed E-state index contributed by atoms with van der Waals surface area (Å²) < 4.78 is 98.3. The Morgan fingerprint density at radius 2 is 1.34 bits per heavy atom. The summed E-state index contributed by atoms with van der Waals surface area (Å²) in [6, 6.07) is 22.6. The lowest BCUT2D eigenvalue weighted by atomic mass is 9.99. The zero-order chi connectivity index (χ0) is 42.2. The van der Waals surface area contributed by atoms with Crippen molar-refractivity contribution in [1.82, 2.24) is 5.06 Å². The van der Waals surface area contributed by atoms with Crippen LogP contribution >= 0.6 is 11.8 Å². The van der Waals surface area contributed by atoms with E-state index >= 15 is 0 Å². The fourth-order valence-corrected chi connectivity index (χ4v) is 7.43. The number of amides is 1. The van der Waals surface area contributed by atoms with Gasteiger partial charge in [0.1, 0.15) is 16.9 Å². The second-order valence-corrected chi connectivity index (χ2v) is 14.4. The molecule has 59 heavy (non-hydrogen) atoms. The number of benzene rings is 5. The lowest BCUT2D eigenvalue weighted by Gasteiger charge is -2.23. The molecule has 6 rings (SSSR count). The van der Waals surface area contributed by atoms with Crippen LogP contribution in [-0.2, 0) is 11.2 Å². The van der Waals surface area contributed by atoms with Crippen LogP contribution in [0.5, 0.6) is 40.2 Å². The Bertz CT molecular complexity index is 2260.